The molecule has 0 aliphatic rings. The topological polar surface area (TPSA) is 82.3 Å². The Bertz CT molecular complexity index is 3290. The van der Waals surface area contributed by atoms with Crippen molar-refractivity contribution in [1.82, 2.24) is 34.5 Å². The molecular weight excluding hydrogens is 759 g/mol. The number of fused-ring (bicyclic) bond motifs is 3. The van der Waals surface area contributed by atoms with Gasteiger partial charge < -0.3 is 4.57 Å². The lowest BCUT2D eigenvalue weighted by molar-refractivity contribution is 1.06. The molecule has 0 radical (unpaired) electrons. The molecule has 0 atom stereocenters. The number of rotatable bonds is 8. The van der Waals surface area contributed by atoms with Crippen molar-refractivity contribution in [2.45, 2.75) is 6.92 Å². The van der Waals surface area contributed by atoms with Crippen LogP contribution in [-0.2, 0) is 0 Å². The van der Waals surface area contributed by atoms with E-state index in [-0.39, 0.29) is 0 Å². The van der Waals surface area contributed by atoms with Crippen molar-refractivity contribution in [1.29, 1.82) is 0 Å². The van der Waals surface area contributed by atoms with Gasteiger partial charge in [-0.05, 0) is 53.9 Å². The van der Waals surface area contributed by atoms with E-state index in [1.807, 2.05) is 121 Å². The maximum absolute atomic E-state index is 5.28. The second kappa shape index (κ2) is 15.6. The molecule has 0 N–H and O–H groups in total. The van der Waals surface area contributed by atoms with Gasteiger partial charge in [0.25, 0.3) is 0 Å². The Balaban J connectivity index is 1.21. The minimum absolute atomic E-state index is 0.524. The van der Waals surface area contributed by atoms with Crippen molar-refractivity contribution < 1.29 is 0 Å². The monoisotopic (exact) mass is 795 g/mol. The van der Waals surface area contributed by atoms with Crippen LogP contribution in [-0.4, -0.2) is 34.5 Å². The van der Waals surface area contributed by atoms with Crippen LogP contribution in [0.2, 0.25) is 0 Å². The van der Waals surface area contributed by atoms with E-state index in [4.69, 9.17) is 29.9 Å². The molecule has 0 amide bonds. The Kier molecular flexibility index (Phi) is 9.24. The van der Waals surface area contributed by atoms with Gasteiger partial charge in [-0.25, -0.2) is 29.9 Å². The molecule has 3 heterocycles. The fourth-order valence-electron chi connectivity index (χ4n) is 8.21. The first-order valence-corrected chi connectivity index (χ1v) is 20.6. The molecule has 62 heavy (non-hydrogen) atoms. The van der Waals surface area contributed by atoms with E-state index < -0.39 is 0 Å². The van der Waals surface area contributed by atoms with Crippen LogP contribution in [0.5, 0.6) is 0 Å². The van der Waals surface area contributed by atoms with Crippen LogP contribution >= 0.6 is 0 Å². The molecule has 11 aromatic rings. The van der Waals surface area contributed by atoms with Gasteiger partial charge in [-0.15, -0.1) is 0 Å². The summed E-state index contributed by atoms with van der Waals surface area (Å²) in [5.41, 5.74) is 11.8. The summed E-state index contributed by atoms with van der Waals surface area (Å²) in [5.74, 6) is 3.39. The Morgan fingerprint density at radius 3 is 1.24 bits per heavy atom. The molecule has 3 aromatic heterocycles. The van der Waals surface area contributed by atoms with Crippen molar-refractivity contribution in [3.05, 3.63) is 212 Å². The lowest BCUT2D eigenvalue weighted by atomic mass is 9.99. The van der Waals surface area contributed by atoms with Gasteiger partial charge in [0.15, 0.2) is 34.9 Å². The minimum atomic E-state index is 0.524. The molecule has 292 valence electrons. The molecule has 7 nitrogen and oxygen atoms in total. The highest BCUT2D eigenvalue weighted by Gasteiger charge is 2.22. The Morgan fingerprint density at radius 2 is 0.710 bits per heavy atom. The molecule has 8 aromatic carbocycles. The number of nitrogens with zero attached hydrogens (tertiary/aromatic N) is 7. The molecule has 0 fully saturated rings. The molecule has 0 saturated carbocycles. The molecule has 0 bridgehead atoms. The number of para-hydroxylation sites is 1. The summed E-state index contributed by atoms with van der Waals surface area (Å²) in [6.45, 7) is 2.16. The van der Waals surface area contributed by atoms with Crippen LogP contribution in [0, 0.1) is 6.92 Å². The first-order chi connectivity index (χ1) is 30.6. The van der Waals surface area contributed by atoms with Crippen LogP contribution in [0.15, 0.2) is 206 Å². The summed E-state index contributed by atoms with van der Waals surface area (Å²) in [6, 6.07) is 70.5. The molecule has 0 spiro atoms. The average molecular weight is 796 g/mol. The molecular formula is C55H37N7. The molecule has 0 unspecified atom stereocenters. The van der Waals surface area contributed by atoms with Crippen molar-refractivity contribution >= 4 is 21.8 Å². The predicted molar refractivity (Wildman–Crippen MR) is 250 cm³/mol. The quantitative estimate of drug-likeness (QED) is 0.152. The Hall–Kier alpha value is -8.42. The van der Waals surface area contributed by atoms with Gasteiger partial charge in [-0.1, -0.05) is 176 Å². The lowest BCUT2D eigenvalue weighted by Gasteiger charge is -2.17. The van der Waals surface area contributed by atoms with Crippen LogP contribution < -0.4 is 0 Å². The van der Waals surface area contributed by atoms with Crippen LogP contribution in [0.25, 0.3) is 107 Å². The van der Waals surface area contributed by atoms with E-state index in [0.717, 1.165) is 66.4 Å². The van der Waals surface area contributed by atoms with Gasteiger partial charge in [-0.3, -0.25) is 0 Å². The van der Waals surface area contributed by atoms with E-state index in [9.17, 15) is 0 Å². The number of aryl methyl sites for hydroxylation is 1. The number of benzene rings is 8. The van der Waals surface area contributed by atoms with E-state index in [1.54, 1.807) is 0 Å². The first-order valence-electron chi connectivity index (χ1n) is 20.6. The molecule has 0 saturated heterocycles. The normalized spacial score (nSPS) is 11.3. The van der Waals surface area contributed by atoms with Gasteiger partial charge >= 0.3 is 0 Å². The molecule has 0 aliphatic carbocycles. The smallest absolute Gasteiger partial charge is 0.166 e. The van der Waals surface area contributed by atoms with E-state index in [2.05, 4.69) is 96.4 Å². The Labute approximate surface area is 358 Å². The largest absolute Gasteiger partial charge is 0.308 e. The number of aromatic nitrogens is 7. The summed E-state index contributed by atoms with van der Waals surface area (Å²) < 4.78 is 2.35. The third-order valence-corrected chi connectivity index (χ3v) is 11.3. The number of hydrogen-bond acceptors (Lipinski definition) is 6. The molecule has 11 rings (SSSR count). The maximum Gasteiger partial charge on any atom is 0.166 e. The summed E-state index contributed by atoms with van der Waals surface area (Å²) in [4.78, 5) is 30.9. The highest BCUT2D eigenvalue weighted by Crippen LogP contribution is 2.40. The van der Waals surface area contributed by atoms with Crippen molar-refractivity contribution in [2.75, 3.05) is 0 Å². The summed E-state index contributed by atoms with van der Waals surface area (Å²) >= 11 is 0. The van der Waals surface area contributed by atoms with Crippen molar-refractivity contribution in [3.63, 3.8) is 0 Å². The average Bonchev–Trinajstić information content (AvgIpc) is 3.68. The summed E-state index contributed by atoms with van der Waals surface area (Å²) in [6.07, 6.45) is 0. The van der Waals surface area contributed by atoms with Crippen LogP contribution in [0.3, 0.4) is 0 Å². The highest BCUT2D eigenvalue weighted by atomic mass is 15.1. The third-order valence-electron chi connectivity index (χ3n) is 11.3. The van der Waals surface area contributed by atoms with Gasteiger partial charge in [0.1, 0.15) is 0 Å². The van der Waals surface area contributed by atoms with Gasteiger partial charge in [0, 0.05) is 44.2 Å². The van der Waals surface area contributed by atoms with E-state index >= 15 is 0 Å². The number of hydrogen-bond donors (Lipinski definition) is 0. The molecule has 0 aliphatic heterocycles. The predicted octanol–water partition coefficient (Wildman–Crippen LogP) is 13.1. The summed E-state index contributed by atoms with van der Waals surface area (Å²) in [7, 11) is 0. The molecule has 7 heteroatoms. The SMILES string of the molecule is Cc1ccccc1-c1ccc2c3ccccc3n(-c3ccc(-c4nc(-c5ccccc5)nc(-c5ccccc5)n4)cc3-c3nc(-c4ccccc4)nc(-c4ccccc4)n3)c2c1. The fraction of sp³-hybridized carbons (Fsp3) is 0.0182. The lowest BCUT2D eigenvalue weighted by Crippen LogP contribution is -2.05. The summed E-state index contributed by atoms with van der Waals surface area (Å²) in [5, 5.41) is 2.30. The Morgan fingerprint density at radius 1 is 0.290 bits per heavy atom. The van der Waals surface area contributed by atoms with E-state index in [0.29, 0.717) is 34.9 Å². The van der Waals surface area contributed by atoms with Gasteiger partial charge in [0.05, 0.1) is 16.7 Å². The van der Waals surface area contributed by atoms with E-state index in [1.165, 1.54) is 11.1 Å². The maximum atomic E-state index is 5.28. The first kappa shape index (κ1) is 36.6. The zero-order valence-corrected chi connectivity index (χ0v) is 33.8. The fourth-order valence-corrected chi connectivity index (χ4v) is 8.21. The van der Waals surface area contributed by atoms with Crippen LogP contribution in [0.1, 0.15) is 5.56 Å². The highest BCUT2D eigenvalue weighted by molar-refractivity contribution is 6.10. The zero-order valence-electron chi connectivity index (χ0n) is 33.8. The zero-order chi connectivity index (χ0) is 41.4. The van der Waals surface area contributed by atoms with Crippen molar-refractivity contribution in [2.24, 2.45) is 0 Å². The minimum Gasteiger partial charge on any atom is -0.308 e. The van der Waals surface area contributed by atoms with Crippen molar-refractivity contribution in [3.8, 4) is 85.1 Å². The second-order valence-corrected chi connectivity index (χ2v) is 15.2. The third kappa shape index (κ3) is 6.77. The van der Waals surface area contributed by atoms with Gasteiger partial charge in [0.2, 0.25) is 0 Å². The second-order valence-electron chi connectivity index (χ2n) is 15.2. The van der Waals surface area contributed by atoms with Crippen LogP contribution in [0.4, 0.5) is 0 Å². The standard InChI is InChI=1S/C55H37N7/c1-36-18-14-15-27-43(36)41-30-32-45-44-28-16-17-29-47(44)62(49(45)35-41)48-33-31-42(54-58-50(37-19-6-2-7-20-37)56-51(59-54)38-21-8-3-9-22-38)34-46(48)55-60-52(39-23-10-4-11-24-39)57-53(61-55)40-25-12-5-13-26-40/h2-35H,1H3. The van der Waals surface area contributed by atoms with Gasteiger partial charge in [-0.2, -0.15) is 0 Å².